The van der Waals surface area contributed by atoms with Crippen LogP contribution < -0.4 is 5.56 Å². The second kappa shape index (κ2) is 7.00. The van der Waals surface area contributed by atoms with Crippen molar-refractivity contribution in [2.45, 2.75) is 51.9 Å². The Morgan fingerprint density at radius 1 is 1.25 bits per heavy atom. The first-order valence-corrected chi connectivity index (χ1v) is 10.6. The highest BCUT2D eigenvalue weighted by molar-refractivity contribution is 5.93. The zero-order valence-electron chi connectivity index (χ0n) is 17.8. The minimum absolute atomic E-state index is 0.0818. The maximum atomic E-state index is 13.3. The van der Waals surface area contributed by atoms with Crippen LogP contribution in [0.5, 0.6) is 0 Å². The Balaban J connectivity index is 1.81. The van der Waals surface area contributed by atoms with E-state index >= 15 is 0 Å². The average molecular weight is 434 g/mol. The molecule has 32 heavy (non-hydrogen) atoms. The normalized spacial score (nSPS) is 18.8. The summed E-state index contributed by atoms with van der Waals surface area (Å²) in [7, 11) is 0. The van der Waals surface area contributed by atoms with E-state index in [9.17, 15) is 24.6 Å². The fourth-order valence-electron chi connectivity index (χ4n) is 5.00. The van der Waals surface area contributed by atoms with Crippen LogP contribution in [0.25, 0.3) is 22.3 Å². The van der Waals surface area contributed by atoms with Gasteiger partial charge in [0.05, 0.1) is 35.4 Å². The Hall–Kier alpha value is -3.52. The van der Waals surface area contributed by atoms with Crippen molar-refractivity contribution < 1.29 is 24.5 Å². The second-order valence-corrected chi connectivity index (χ2v) is 8.26. The van der Waals surface area contributed by atoms with Crippen LogP contribution in [0.4, 0.5) is 0 Å². The van der Waals surface area contributed by atoms with Crippen molar-refractivity contribution in [2.24, 2.45) is 0 Å². The monoisotopic (exact) mass is 434 g/mol. The lowest BCUT2D eigenvalue weighted by Gasteiger charge is -2.31. The van der Waals surface area contributed by atoms with Gasteiger partial charge in [-0.15, -0.1) is 0 Å². The Labute approximate surface area is 183 Å². The van der Waals surface area contributed by atoms with Crippen molar-refractivity contribution >= 4 is 22.8 Å². The third kappa shape index (κ3) is 2.65. The minimum Gasteiger partial charge on any atom is -0.481 e. The number of hydrogen-bond donors (Lipinski definition) is 2. The molecule has 0 bridgehead atoms. The van der Waals surface area contributed by atoms with E-state index in [1.165, 1.54) is 0 Å². The number of aliphatic hydroxyl groups is 1. The number of carboxylic acids is 1. The quantitative estimate of drug-likeness (QED) is 0.473. The number of carbonyl (C=O) groups is 2. The van der Waals surface area contributed by atoms with Crippen molar-refractivity contribution in [3.63, 3.8) is 0 Å². The largest absolute Gasteiger partial charge is 0.481 e. The summed E-state index contributed by atoms with van der Waals surface area (Å²) in [6, 6.07) is 7.09. The van der Waals surface area contributed by atoms with E-state index < -0.39 is 17.5 Å². The second-order valence-electron chi connectivity index (χ2n) is 8.26. The van der Waals surface area contributed by atoms with Crippen molar-refractivity contribution in [3.05, 3.63) is 62.4 Å². The molecule has 0 amide bonds. The van der Waals surface area contributed by atoms with Crippen molar-refractivity contribution in [2.75, 3.05) is 0 Å². The summed E-state index contributed by atoms with van der Waals surface area (Å²) < 4.78 is 6.71. The molecule has 1 unspecified atom stereocenters. The van der Waals surface area contributed by atoms with Gasteiger partial charge in [0, 0.05) is 16.5 Å². The Kier molecular flexibility index (Phi) is 4.46. The molecule has 0 spiro atoms. The van der Waals surface area contributed by atoms with Gasteiger partial charge in [0.25, 0.3) is 5.56 Å². The number of hydrogen-bond acceptors (Lipinski definition) is 6. The summed E-state index contributed by atoms with van der Waals surface area (Å²) in [6.07, 6.45) is 0.606. The molecule has 2 N–H and O–H groups in total. The SMILES string of the molecule is CCc1c2c(nc3cccc(CC(=O)O)c13)-c1cc3c(c(=O)n1C2)COC(=O)C3(O)CC. The third-order valence-corrected chi connectivity index (χ3v) is 6.61. The van der Waals surface area contributed by atoms with Gasteiger partial charge in [0.15, 0.2) is 5.60 Å². The summed E-state index contributed by atoms with van der Waals surface area (Å²) in [5.74, 6) is -1.68. The van der Waals surface area contributed by atoms with E-state index in [0.717, 1.165) is 16.5 Å². The molecule has 164 valence electrons. The predicted molar refractivity (Wildman–Crippen MR) is 115 cm³/mol. The topological polar surface area (TPSA) is 119 Å². The Morgan fingerprint density at radius 2 is 2.03 bits per heavy atom. The summed E-state index contributed by atoms with van der Waals surface area (Å²) >= 11 is 0. The molecule has 0 saturated heterocycles. The van der Waals surface area contributed by atoms with Crippen LogP contribution in [0.15, 0.2) is 29.1 Å². The zero-order valence-corrected chi connectivity index (χ0v) is 17.8. The van der Waals surface area contributed by atoms with Gasteiger partial charge < -0.3 is 19.5 Å². The maximum absolute atomic E-state index is 13.3. The first kappa shape index (κ1) is 20.4. The molecule has 0 saturated carbocycles. The van der Waals surface area contributed by atoms with Crippen molar-refractivity contribution in [1.82, 2.24) is 9.55 Å². The lowest BCUT2D eigenvalue weighted by Crippen LogP contribution is -2.44. The van der Waals surface area contributed by atoms with E-state index in [0.29, 0.717) is 35.4 Å². The van der Waals surface area contributed by atoms with Crippen LogP contribution >= 0.6 is 0 Å². The molecule has 5 rings (SSSR count). The number of esters is 1. The predicted octanol–water partition coefficient (Wildman–Crippen LogP) is 2.27. The molecule has 8 heteroatoms. The number of carbonyl (C=O) groups excluding carboxylic acids is 1. The van der Waals surface area contributed by atoms with Crippen molar-refractivity contribution in [1.29, 1.82) is 0 Å². The smallest absolute Gasteiger partial charge is 0.343 e. The highest BCUT2D eigenvalue weighted by Gasteiger charge is 2.45. The molecule has 1 atom stereocenters. The number of benzene rings is 1. The molecule has 0 radical (unpaired) electrons. The van der Waals surface area contributed by atoms with E-state index in [4.69, 9.17) is 9.72 Å². The lowest BCUT2D eigenvalue weighted by molar-refractivity contribution is -0.172. The van der Waals surface area contributed by atoms with Gasteiger partial charge in [-0.05, 0) is 36.1 Å². The standard InChI is InChI=1S/C24H22N2O6/c1-3-13-14-10-26-18(9-16-15(22(26)29)11-32-23(30)24(16,31)4-2)21(14)25-17-7-5-6-12(20(13)17)8-19(27)28/h5-7,9,31H,3-4,8,10-11H2,1-2H3,(H,27,28). The van der Waals surface area contributed by atoms with Crippen molar-refractivity contribution in [3.8, 4) is 11.4 Å². The van der Waals surface area contributed by atoms with Gasteiger partial charge >= 0.3 is 11.9 Å². The van der Waals surface area contributed by atoms with Gasteiger partial charge in [-0.2, -0.15) is 0 Å². The molecule has 4 heterocycles. The van der Waals surface area contributed by atoms with Crippen LogP contribution in [0.2, 0.25) is 0 Å². The number of cyclic esters (lactones) is 1. The molecule has 2 aliphatic rings. The van der Waals surface area contributed by atoms with Crippen LogP contribution in [0, 0.1) is 0 Å². The van der Waals surface area contributed by atoms with Gasteiger partial charge in [0.1, 0.15) is 6.61 Å². The molecule has 2 aliphatic heterocycles. The van der Waals surface area contributed by atoms with Crippen LogP contribution in [0.1, 0.15) is 48.1 Å². The number of carboxylic acid groups (broad SMARTS) is 1. The summed E-state index contributed by atoms with van der Waals surface area (Å²) in [5.41, 5.74) is 2.71. The van der Waals surface area contributed by atoms with Gasteiger partial charge in [0.2, 0.25) is 0 Å². The van der Waals surface area contributed by atoms with Crippen LogP contribution in [-0.2, 0) is 45.9 Å². The van der Waals surface area contributed by atoms with E-state index in [1.807, 2.05) is 13.0 Å². The van der Waals surface area contributed by atoms with E-state index in [2.05, 4.69) is 0 Å². The lowest BCUT2D eigenvalue weighted by atomic mass is 9.86. The molecule has 8 nitrogen and oxygen atoms in total. The first-order chi connectivity index (χ1) is 15.3. The molecule has 0 aliphatic carbocycles. The van der Waals surface area contributed by atoms with E-state index in [-0.39, 0.29) is 36.1 Å². The summed E-state index contributed by atoms with van der Waals surface area (Å²) in [6.45, 7) is 3.78. The molecular formula is C24H22N2O6. The number of ether oxygens (including phenoxy) is 1. The molecule has 2 aromatic heterocycles. The molecule has 0 fully saturated rings. The van der Waals surface area contributed by atoms with Gasteiger partial charge in [-0.25, -0.2) is 9.78 Å². The highest BCUT2D eigenvalue weighted by Crippen LogP contribution is 2.40. The molecule has 1 aromatic carbocycles. The van der Waals surface area contributed by atoms with Crippen LogP contribution in [0.3, 0.4) is 0 Å². The summed E-state index contributed by atoms with van der Waals surface area (Å²) in [4.78, 5) is 41.9. The van der Waals surface area contributed by atoms with Crippen LogP contribution in [-0.4, -0.2) is 31.7 Å². The maximum Gasteiger partial charge on any atom is 0.343 e. The Bertz CT molecular complexity index is 1390. The van der Waals surface area contributed by atoms with E-state index in [1.54, 1.807) is 29.7 Å². The third-order valence-electron chi connectivity index (χ3n) is 6.61. The minimum atomic E-state index is -1.87. The number of aryl methyl sites for hydroxylation is 1. The number of rotatable bonds is 4. The molecular weight excluding hydrogens is 412 g/mol. The number of fused-ring (bicyclic) bond motifs is 5. The number of aliphatic carboxylic acids is 1. The zero-order chi connectivity index (χ0) is 22.8. The Morgan fingerprint density at radius 3 is 2.72 bits per heavy atom. The van der Waals surface area contributed by atoms with Gasteiger partial charge in [-0.1, -0.05) is 26.0 Å². The molecule has 3 aromatic rings. The number of nitrogens with zero attached hydrogens (tertiary/aromatic N) is 2. The fraction of sp³-hybridized carbons (Fsp3) is 0.333. The first-order valence-electron chi connectivity index (χ1n) is 10.6. The number of pyridine rings is 2. The highest BCUT2D eigenvalue weighted by atomic mass is 16.6. The number of aromatic nitrogens is 2. The summed E-state index contributed by atoms with van der Waals surface area (Å²) in [5, 5.41) is 21.2. The average Bonchev–Trinajstić information content (AvgIpc) is 3.13. The fourth-order valence-corrected chi connectivity index (χ4v) is 5.00. The van der Waals surface area contributed by atoms with Gasteiger partial charge in [-0.3, -0.25) is 9.59 Å².